The molecule has 0 unspecified atom stereocenters. The van der Waals surface area contributed by atoms with Crippen LogP contribution in [-0.2, 0) is 6.54 Å². The third-order valence-corrected chi connectivity index (χ3v) is 3.36. The minimum atomic E-state index is -0.596. The van der Waals surface area contributed by atoms with Gasteiger partial charge in [-0.2, -0.15) is 0 Å². The Balaban J connectivity index is 1.79. The van der Waals surface area contributed by atoms with Crippen LogP contribution in [0.4, 0.5) is 0 Å². The van der Waals surface area contributed by atoms with Crippen LogP contribution in [0.5, 0.6) is 11.5 Å². The van der Waals surface area contributed by atoms with E-state index >= 15 is 0 Å². The summed E-state index contributed by atoms with van der Waals surface area (Å²) in [6, 6.07) is 10.6. The van der Waals surface area contributed by atoms with Crippen molar-refractivity contribution in [2.45, 2.75) is 13.5 Å². The molecule has 0 atom stereocenters. The summed E-state index contributed by atoms with van der Waals surface area (Å²) in [7, 11) is 1.62. The molecule has 0 aliphatic heterocycles. The van der Waals surface area contributed by atoms with E-state index in [4.69, 9.17) is 19.6 Å². The number of furan rings is 1. The molecule has 8 heteroatoms. The number of benzene rings is 1. The van der Waals surface area contributed by atoms with E-state index in [9.17, 15) is 4.79 Å². The molecule has 1 heterocycles. The van der Waals surface area contributed by atoms with Crippen molar-refractivity contribution in [2.24, 2.45) is 10.7 Å². The standard InChI is InChI=1S/C18H24N4O4/c1-3-20-18(22-12-15-8-9-16(26-15)17(19)23)21-10-11-25-14-6-4-13(24-2)5-7-14/h4-9H,3,10-12H2,1-2H3,(H2,19,23)(H2,20,21,22). The van der Waals surface area contributed by atoms with Crippen LogP contribution in [0.1, 0.15) is 23.2 Å². The summed E-state index contributed by atoms with van der Waals surface area (Å²) in [4.78, 5) is 15.4. The number of ether oxygens (including phenoxy) is 2. The summed E-state index contributed by atoms with van der Waals surface area (Å²) in [5, 5.41) is 6.30. The highest BCUT2D eigenvalue weighted by Gasteiger charge is 2.07. The summed E-state index contributed by atoms with van der Waals surface area (Å²) < 4.78 is 16.1. The average molecular weight is 360 g/mol. The lowest BCUT2D eigenvalue weighted by Gasteiger charge is -2.12. The minimum Gasteiger partial charge on any atom is -0.497 e. The molecule has 8 nitrogen and oxygen atoms in total. The van der Waals surface area contributed by atoms with E-state index in [-0.39, 0.29) is 5.76 Å². The van der Waals surface area contributed by atoms with E-state index in [2.05, 4.69) is 15.6 Å². The Morgan fingerprint density at radius 1 is 1.15 bits per heavy atom. The van der Waals surface area contributed by atoms with Crippen molar-refractivity contribution >= 4 is 11.9 Å². The number of hydrogen-bond acceptors (Lipinski definition) is 5. The van der Waals surface area contributed by atoms with Gasteiger partial charge in [-0.25, -0.2) is 4.99 Å². The van der Waals surface area contributed by atoms with Crippen molar-refractivity contribution in [3.05, 3.63) is 47.9 Å². The molecule has 0 spiro atoms. The van der Waals surface area contributed by atoms with Gasteiger partial charge in [0.1, 0.15) is 30.4 Å². The Kier molecular flexibility index (Phi) is 7.35. The van der Waals surface area contributed by atoms with Crippen LogP contribution in [-0.4, -0.2) is 38.7 Å². The normalized spacial score (nSPS) is 11.1. The van der Waals surface area contributed by atoms with Crippen LogP contribution in [0.2, 0.25) is 0 Å². The van der Waals surface area contributed by atoms with Gasteiger partial charge in [0, 0.05) is 6.54 Å². The Hall–Kier alpha value is -3.16. The summed E-state index contributed by atoms with van der Waals surface area (Å²) in [5.74, 6) is 2.27. The lowest BCUT2D eigenvalue weighted by Crippen LogP contribution is -2.39. The fourth-order valence-corrected chi connectivity index (χ4v) is 2.10. The highest BCUT2D eigenvalue weighted by atomic mass is 16.5. The molecule has 2 rings (SSSR count). The van der Waals surface area contributed by atoms with Gasteiger partial charge in [-0.3, -0.25) is 4.79 Å². The molecule has 1 aromatic carbocycles. The van der Waals surface area contributed by atoms with Crippen molar-refractivity contribution < 1.29 is 18.7 Å². The molecular weight excluding hydrogens is 336 g/mol. The number of nitrogens with one attached hydrogen (secondary N) is 2. The van der Waals surface area contributed by atoms with E-state index in [1.165, 1.54) is 6.07 Å². The predicted octanol–water partition coefficient (Wildman–Crippen LogP) is 1.52. The van der Waals surface area contributed by atoms with Crippen LogP contribution in [0, 0.1) is 0 Å². The second kappa shape index (κ2) is 9.97. The molecule has 0 aliphatic carbocycles. The van der Waals surface area contributed by atoms with Gasteiger partial charge in [-0.15, -0.1) is 0 Å². The monoisotopic (exact) mass is 360 g/mol. The molecule has 1 aromatic heterocycles. The quantitative estimate of drug-likeness (QED) is 0.355. The van der Waals surface area contributed by atoms with Gasteiger partial charge in [0.2, 0.25) is 0 Å². The number of rotatable bonds is 9. The lowest BCUT2D eigenvalue weighted by molar-refractivity contribution is 0.0972. The number of carbonyl (C=O) groups is 1. The first-order valence-electron chi connectivity index (χ1n) is 8.30. The minimum absolute atomic E-state index is 0.126. The summed E-state index contributed by atoms with van der Waals surface area (Å²) in [5.41, 5.74) is 5.16. The maximum Gasteiger partial charge on any atom is 0.284 e. The number of amides is 1. The van der Waals surface area contributed by atoms with E-state index in [1.54, 1.807) is 13.2 Å². The first kappa shape index (κ1) is 19.2. The molecule has 0 bridgehead atoms. The fraction of sp³-hybridized carbons (Fsp3) is 0.333. The smallest absolute Gasteiger partial charge is 0.284 e. The van der Waals surface area contributed by atoms with Crippen molar-refractivity contribution in [2.75, 3.05) is 26.8 Å². The maximum absolute atomic E-state index is 11.0. The average Bonchev–Trinajstić information content (AvgIpc) is 3.13. The number of methoxy groups -OCH3 is 1. The molecule has 140 valence electrons. The van der Waals surface area contributed by atoms with Crippen molar-refractivity contribution in [1.29, 1.82) is 0 Å². The molecule has 0 fully saturated rings. The zero-order valence-corrected chi connectivity index (χ0v) is 15.0. The molecule has 26 heavy (non-hydrogen) atoms. The Morgan fingerprint density at radius 2 is 1.88 bits per heavy atom. The fourth-order valence-electron chi connectivity index (χ4n) is 2.10. The molecule has 4 N–H and O–H groups in total. The van der Waals surface area contributed by atoms with Crippen LogP contribution >= 0.6 is 0 Å². The van der Waals surface area contributed by atoms with Crippen molar-refractivity contribution in [3.63, 3.8) is 0 Å². The Morgan fingerprint density at radius 3 is 2.50 bits per heavy atom. The topological polar surface area (TPSA) is 111 Å². The van der Waals surface area contributed by atoms with E-state index in [0.717, 1.165) is 18.0 Å². The molecule has 0 saturated carbocycles. The highest BCUT2D eigenvalue weighted by molar-refractivity contribution is 5.89. The number of hydrogen-bond donors (Lipinski definition) is 3. The second-order valence-corrected chi connectivity index (χ2v) is 5.28. The van der Waals surface area contributed by atoms with E-state index in [1.807, 2.05) is 31.2 Å². The highest BCUT2D eigenvalue weighted by Crippen LogP contribution is 2.16. The number of guanidine groups is 1. The summed E-state index contributed by atoms with van der Waals surface area (Å²) >= 11 is 0. The van der Waals surface area contributed by atoms with Crippen molar-refractivity contribution in [1.82, 2.24) is 10.6 Å². The number of aliphatic imine (C=N–C) groups is 1. The van der Waals surface area contributed by atoms with Gasteiger partial charge in [-0.1, -0.05) is 0 Å². The van der Waals surface area contributed by atoms with Crippen LogP contribution < -0.4 is 25.8 Å². The largest absolute Gasteiger partial charge is 0.497 e. The van der Waals surface area contributed by atoms with Gasteiger partial charge in [0.25, 0.3) is 5.91 Å². The molecule has 1 amide bonds. The molecular formula is C18H24N4O4. The van der Waals surface area contributed by atoms with Gasteiger partial charge in [0.05, 0.1) is 13.7 Å². The third kappa shape index (κ3) is 6.04. The van der Waals surface area contributed by atoms with E-state index < -0.39 is 5.91 Å². The van der Waals surface area contributed by atoms with Crippen LogP contribution in [0.3, 0.4) is 0 Å². The third-order valence-electron chi connectivity index (χ3n) is 3.36. The van der Waals surface area contributed by atoms with Gasteiger partial charge in [-0.05, 0) is 43.3 Å². The molecule has 0 radical (unpaired) electrons. The SMILES string of the molecule is CCNC(=NCc1ccc(C(N)=O)o1)NCCOc1ccc(OC)cc1. The van der Waals surface area contributed by atoms with Crippen LogP contribution in [0.15, 0.2) is 45.8 Å². The van der Waals surface area contributed by atoms with E-state index in [0.29, 0.717) is 31.4 Å². The van der Waals surface area contributed by atoms with Gasteiger partial charge >= 0.3 is 0 Å². The Bertz CT molecular complexity index is 725. The molecule has 0 saturated heterocycles. The maximum atomic E-state index is 11.0. The zero-order chi connectivity index (χ0) is 18.8. The summed E-state index contributed by atoms with van der Waals surface area (Å²) in [6.07, 6.45) is 0. The lowest BCUT2D eigenvalue weighted by atomic mass is 10.3. The number of nitrogens with zero attached hydrogens (tertiary/aromatic N) is 1. The Labute approximate surface area is 152 Å². The number of carbonyl (C=O) groups excluding carboxylic acids is 1. The summed E-state index contributed by atoms with van der Waals surface area (Å²) in [6.45, 7) is 4.03. The zero-order valence-electron chi connectivity index (χ0n) is 15.0. The van der Waals surface area contributed by atoms with Crippen molar-refractivity contribution in [3.8, 4) is 11.5 Å². The second-order valence-electron chi connectivity index (χ2n) is 5.28. The molecule has 0 aliphatic rings. The number of nitrogens with two attached hydrogens (primary N) is 1. The van der Waals surface area contributed by atoms with Crippen LogP contribution in [0.25, 0.3) is 0 Å². The van der Waals surface area contributed by atoms with Gasteiger partial charge < -0.3 is 30.3 Å². The predicted molar refractivity (Wildman–Crippen MR) is 98.5 cm³/mol. The number of primary amides is 1. The first-order chi connectivity index (χ1) is 12.6. The molecule has 2 aromatic rings. The van der Waals surface area contributed by atoms with Gasteiger partial charge in [0.15, 0.2) is 11.7 Å². The first-order valence-corrected chi connectivity index (χ1v) is 8.30.